The molecule has 0 aliphatic carbocycles. The third-order valence-corrected chi connectivity index (χ3v) is 2.62. The van der Waals surface area contributed by atoms with E-state index in [9.17, 15) is 0 Å². The molecule has 0 aromatic carbocycles. The number of aromatic nitrogens is 1. The molecule has 0 aliphatic rings. The van der Waals surface area contributed by atoms with E-state index in [0.29, 0.717) is 11.8 Å². The summed E-state index contributed by atoms with van der Waals surface area (Å²) in [7, 11) is 0. The van der Waals surface area contributed by atoms with Crippen molar-refractivity contribution < 1.29 is 0 Å². The van der Waals surface area contributed by atoms with Crippen molar-refractivity contribution in [2.24, 2.45) is 11.7 Å². The van der Waals surface area contributed by atoms with Crippen LogP contribution in [0.1, 0.15) is 38.7 Å². The van der Waals surface area contributed by atoms with Crippen LogP contribution in [0.2, 0.25) is 0 Å². The average Bonchev–Trinajstić information content (AvgIpc) is 2.17. The summed E-state index contributed by atoms with van der Waals surface area (Å²) >= 11 is 0. The molecule has 0 fully saturated rings. The van der Waals surface area contributed by atoms with Crippen LogP contribution in [0, 0.1) is 5.92 Å². The summed E-state index contributed by atoms with van der Waals surface area (Å²) in [6, 6.07) is 4.34. The molecule has 2 nitrogen and oxygen atoms in total. The minimum Gasteiger partial charge on any atom is -0.327 e. The van der Waals surface area contributed by atoms with Crippen LogP contribution in [0.15, 0.2) is 24.5 Å². The maximum absolute atomic E-state index is 6.13. The van der Waals surface area contributed by atoms with Gasteiger partial charge in [-0.15, -0.1) is 0 Å². The minimum atomic E-state index is 0.248. The first-order chi connectivity index (χ1) is 6.61. The number of hydrogen-bond acceptors (Lipinski definition) is 2. The normalized spacial score (nSPS) is 15.5. The minimum absolute atomic E-state index is 0.248. The number of rotatable bonds is 4. The lowest BCUT2D eigenvalue weighted by molar-refractivity contribution is 0.449. The first-order valence-electron chi connectivity index (χ1n) is 5.26. The Morgan fingerprint density at radius 1 is 1.21 bits per heavy atom. The van der Waals surface area contributed by atoms with Crippen LogP contribution < -0.4 is 5.73 Å². The highest BCUT2D eigenvalue weighted by atomic mass is 14.7. The van der Waals surface area contributed by atoms with Crippen LogP contribution >= 0.6 is 0 Å². The molecule has 0 aliphatic heterocycles. The SMILES string of the molecule is CC(C)CC(N)C(C)c1ccncc1. The van der Waals surface area contributed by atoms with Gasteiger partial charge >= 0.3 is 0 Å². The summed E-state index contributed by atoms with van der Waals surface area (Å²) in [6.45, 7) is 6.60. The zero-order valence-electron chi connectivity index (χ0n) is 9.27. The molecular weight excluding hydrogens is 172 g/mol. The van der Waals surface area contributed by atoms with E-state index in [1.165, 1.54) is 5.56 Å². The topological polar surface area (TPSA) is 38.9 Å². The van der Waals surface area contributed by atoms with Crippen molar-refractivity contribution >= 4 is 0 Å². The molecule has 14 heavy (non-hydrogen) atoms. The molecule has 0 amide bonds. The second-order valence-electron chi connectivity index (χ2n) is 4.36. The van der Waals surface area contributed by atoms with E-state index in [1.54, 1.807) is 0 Å². The number of nitrogens with zero attached hydrogens (tertiary/aromatic N) is 1. The molecule has 0 spiro atoms. The van der Waals surface area contributed by atoms with E-state index >= 15 is 0 Å². The van der Waals surface area contributed by atoms with Crippen LogP contribution in [-0.4, -0.2) is 11.0 Å². The Bertz CT molecular complexity index is 256. The van der Waals surface area contributed by atoms with Gasteiger partial charge in [0, 0.05) is 18.4 Å². The van der Waals surface area contributed by atoms with Gasteiger partial charge in [-0.05, 0) is 36.0 Å². The molecule has 78 valence electrons. The van der Waals surface area contributed by atoms with E-state index in [0.717, 1.165) is 6.42 Å². The van der Waals surface area contributed by atoms with Gasteiger partial charge in [-0.2, -0.15) is 0 Å². The average molecular weight is 192 g/mol. The summed E-state index contributed by atoms with van der Waals surface area (Å²) in [4.78, 5) is 4.01. The molecule has 0 bridgehead atoms. The van der Waals surface area contributed by atoms with Gasteiger partial charge in [-0.1, -0.05) is 20.8 Å². The lowest BCUT2D eigenvalue weighted by Gasteiger charge is -2.21. The van der Waals surface area contributed by atoms with Crippen LogP contribution in [0.4, 0.5) is 0 Å². The van der Waals surface area contributed by atoms with Crippen LogP contribution in [0.25, 0.3) is 0 Å². The van der Waals surface area contributed by atoms with E-state index in [4.69, 9.17) is 5.73 Å². The van der Waals surface area contributed by atoms with E-state index < -0.39 is 0 Å². The van der Waals surface area contributed by atoms with Crippen LogP contribution in [-0.2, 0) is 0 Å². The smallest absolute Gasteiger partial charge is 0.0270 e. The quantitative estimate of drug-likeness (QED) is 0.796. The molecule has 2 N–H and O–H groups in total. The molecule has 1 heterocycles. The van der Waals surface area contributed by atoms with Crippen molar-refractivity contribution in [2.45, 2.75) is 39.2 Å². The lowest BCUT2D eigenvalue weighted by Crippen LogP contribution is -2.28. The summed E-state index contributed by atoms with van der Waals surface area (Å²) in [5.74, 6) is 1.08. The van der Waals surface area contributed by atoms with Crippen molar-refractivity contribution in [1.82, 2.24) is 4.98 Å². The highest BCUT2D eigenvalue weighted by Crippen LogP contribution is 2.21. The molecule has 1 aromatic rings. The fourth-order valence-electron chi connectivity index (χ4n) is 1.66. The van der Waals surface area contributed by atoms with Gasteiger partial charge < -0.3 is 5.73 Å². The van der Waals surface area contributed by atoms with Gasteiger partial charge in [0.2, 0.25) is 0 Å². The Morgan fingerprint density at radius 2 is 1.79 bits per heavy atom. The Labute approximate surface area is 86.5 Å². The third kappa shape index (κ3) is 3.11. The Hall–Kier alpha value is -0.890. The Kier molecular flexibility index (Phi) is 4.08. The summed E-state index contributed by atoms with van der Waals surface area (Å²) in [5.41, 5.74) is 7.42. The summed E-state index contributed by atoms with van der Waals surface area (Å²) < 4.78 is 0. The fraction of sp³-hybridized carbons (Fsp3) is 0.583. The molecule has 2 unspecified atom stereocenters. The molecular formula is C12H20N2. The molecule has 1 rings (SSSR count). The second kappa shape index (κ2) is 5.11. The largest absolute Gasteiger partial charge is 0.327 e. The van der Waals surface area contributed by atoms with Gasteiger partial charge in [-0.25, -0.2) is 0 Å². The van der Waals surface area contributed by atoms with Crippen molar-refractivity contribution in [2.75, 3.05) is 0 Å². The maximum Gasteiger partial charge on any atom is 0.0270 e. The van der Waals surface area contributed by atoms with Crippen molar-refractivity contribution in [1.29, 1.82) is 0 Å². The van der Waals surface area contributed by atoms with E-state index in [1.807, 2.05) is 24.5 Å². The number of nitrogens with two attached hydrogens (primary N) is 1. The van der Waals surface area contributed by atoms with Gasteiger partial charge in [0.15, 0.2) is 0 Å². The van der Waals surface area contributed by atoms with Crippen molar-refractivity contribution in [3.05, 3.63) is 30.1 Å². The van der Waals surface area contributed by atoms with Crippen molar-refractivity contribution in [3.8, 4) is 0 Å². The predicted octanol–water partition coefficient (Wildman–Crippen LogP) is 2.56. The Balaban J connectivity index is 2.61. The second-order valence-corrected chi connectivity index (χ2v) is 4.36. The molecule has 0 saturated carbocycles. The van der Waals surface area contributed by atoms with Crippen LogP contribution in [0.3, 0.4) is 0 Å². The molecule has 0 saturated heterocycles. The maximum atomic E-state index is 6.13. The van der Waals surface area contributed by atoms with E-state index in [-0.39, 0.29) is 6.04 Å². The molecule has 1 aromatic heterocycles. The summed E-state index contributed by atoms with van der Waals surface area (Å²) in [5, 5.41) is 0. The molecule has 0 radical (unpaired) electrons. The van der Waals surface area contributed by atoms with Gasteiger partial charge in [0.1, 0.15) is 0 Å². The van der Waals surface area contributed by atoms with Gasteiger partial charge in [0.25, 0.3) is 0 Å². The highest BCUT2D eigenvalue weighted by molar-refractivity contribution is 5.16. The Morgan fingerprint density at radius 3 is 2.29 bits per heavy atom. The predicted molar refractivity (Wildman–Crippen MR) is 60.1 cm³/mol. The monoisotopic (exact) mass is 192 g/mol. The zero-order valence-corrected chi connectivity index (χ0v) is 9.27. The fourth-order valence-corrected chi connectivity index (χ4v) is 1.66. The molecule has 2 heteroatoms. The summed E-state index contributed by atoms with van der Waals surface area (Å²) in [6.07, 6.45) is 4.73. The first-order valence-corrected chi connectivity index (χ1v) is 5.26. The van der Waals surface area contributed by atoms with Crippen molar-refractivity contribution in [3.63, 3.8) is 0 Å². The van der Waals surface area contributed by atoms with Gasteiger partial charge in [0.05, 0.1) is 0 Å². The first kappa shape index (κ1) is 11.2. The lowest BCUT2D eigenvalue weighted by atomic mass is 9.89. The third-order valence-electron chi connectivity index (χ3n) is 2.62. The van der Waals surface area contributed by atoms with Gasteiger partial charge in [-0.3, -0.25) is 4.98 Å². The van der Waals surface area contributed by atoms with Crippen LogP contribution in [0.5, 0.6) is 0 Å². The zero-order chi connectivity index (χ0) is 10.6. The van der Waals surface area contributed by atoms with E-state index in [2.05, 4.69) is 25.8 Å². The highest BCUT2D eigenvalue weighted by Gasteiger charge is 2.15. The molecule has 2 atom stereocenters. The standard InChI is InChI=1S/C12H20N2/c1-9(2)8-12(13)10(3)11-4-6-14-7-5-11/h4-7,9-10,12H,8,13H2,1-3H3. The number of pyridine rings is 1. The number of hydrogen-bond donors (Lipinski definition) is 1.